The number of anilines is 1. The number of benzene rings is 1. The highest BCUT2D eigenvalue weighted by molar-refractivity contribution is 7.16. The van der Waals surface area contributed by atoms with E-state index in [1.54, 1.807) is 11.3 Å². The summed E-state index contributed by atoms with van der Waals surface area (Å²) >= 11 is 1.57. The predicted molar refractivity (Wildman–Crippen MR) is 112 cm³/mol. The minimum atomic E-state index is -0.212. The van der Waals surface area contributed by atoms with Crippen LogP contribution >= 0.6 is 11.3 Å². The van der Waals surface area contributed by atoms with Gasteiger partial charge < -0.3 is 5.32 Å². The van der Waals surface area contributed by atoms with E-state index >= 15 is 0 Å². The third kappa shape index (κ3) is 4.84. The molecule has 0 unspecified atom stereocenters. The van der Waals surface area contributed by atoms with Gasteiger partial charge in [-0.05, 0) is 48.9 Å². The number of aryl methyl sites for hydroxylation is 1. The van der Waals surface area contributed by atoms with E-state index in [0.717, 1.165) is 74.5 Å². The van der Waals surface area contributed by atoms with Crippen molar-refractivity contribution in [2.45, 2.75) is 32.2 Å². The number of nitriles is 1. The summed E-state index contributed by atoms with van der Waals surface area (Å²) in [6.07, 6.45) is 4.24. The van der Waals surface area contributed by atoms with Gasteiger partial charge in [0.1, 0.15) is 16.9 Å². The van der Waals surface area contributed by atoms with E-state index in [1.807, 2.05) is 12.1 Å². The second kappa shape index (κ2) is 9.04. The quantitative estimate of drug-likeness (QED) is 0.818. The molecule has 152 valence electrons. The predicted octanol–water partition coefficient (Wildman–Crippen LogP) is 3.39. The first-order chi connectivity index (χ1) is 14.1. The molecule has 7 heteroatoms. The average Bonchev–Trinajstić information content (AvgIpc) is 3.08. The largest absolute Gasteiger partial charge is 0.315 e. The van der Waals surface area contributed by atoms with Gasteiger partial charge in [-0.3, -0.25) is 14.6 Å². The Bertz CT molecular complexity index is 910. The number of hydrogen-bond acceptors (Lipinski definition) is 5. The van der Waals surface area contributed by atoms with E-state index in [0.29, 0.717) is 12.1 Å². The van der Waals surface area contributed by atoms with E-state index in [9.17, 15) is 14.4 Å². The summed E-state index contributed by atoms with van der Waals surface area (Å²) in [5, 5.41) is 13.2. The fourth-order valence-electron chi connectivity index (χ4n) is 4.10. The molecule has 1 aliphatic carbocycles. The molecule has 1 fully saturated rings. The molecule has 1 aliphatic heterocycles. The van der Waals surface area contributed by atoms with Crippen LogP contribution in [0.1, 0.15) is 34.4 Å². The summed E-state index contributed by atoms with van der Waals surface area (Å²) in [6, 6.07) is 8.93. The van der Waals surface area contributed by atoms with Crippen molar-refractivity contribution in [3.63, 3.8) is 0 Å². The molecule has 2 heterocycles. The van der Waals surface area contributed by atoms with Crippen LogP contribution in [0.5, 0.6) is 0 Å². The van der Waals surface area contributed by atoms with Crippen LogP contribution in [0.4, 0.5) is 9.39 Å². The van der Waals surface area contributed by atoms with Gasteiger partial charge in [-0.2, -0.15) is 5.26 Å². The lowest BCUT2D eigenvalue weighted by atomic mass is 9.96. The highest BCUT2D eigenvalue weighted by Gasteiger charge is 2.23. The summed E-state index contributed by atoms with van der Waals surface area (Å²) in [5.41, 5.74) is 2.92. The standard InChI is InChI=1S/C22H25FN4OS/c23-17-7-5-16(6-8-17)14-26-9-11-27(12-10-26)15-21(28)25-22-19(13-24)18-3-1-2-4-20(18)29-22/h5-8H,1-4,9-12,14-15H2,(H,25,28). The van der Waals surface area contributed by atoms with Crippen LogP contribution in [0.2, 0.25) is 0 Å². The smallest absolute Gasteiger partial charge is 0.239 e. The lowest BCUT2D eigenvalue weighted by molar-refractivity contribution is -0.117. The number of hydrogen-bond donors (Lipinski definition) is 1. The number of halogens is 1. The number of nitrogens with one attached hydrogen (secondary N) is 1. The van der Waals surface area contributed by atoms with E-state index in [4.69, 9.17) is 0 Å². The SMILES string of the molecule is N#Cc1c(NC(=O)CN2CCN(Cc3ccc(F)cc3)CC2)sc2c1CCCC2. The number of fused-ring (bicyclic) bond motifs is 1. The van der Waals surface area contributed by atoms with Gasteiger partial charge in [0.15, 0.2) is 0 Å². The highest BCUT2D eigenvalue weighted by atomic mass is 32.1. The Morgan fingerprint density at radius 1 is 1.10 bits per heavy atom. The van der Waals surface area contributed by atoms with Gasteiger partial charge in [0.2, 0.25) is 5.91 Å². The minimum Gasteiger partial charge on any atom is -0.315 e. The summed E-state index contributed by atoms with van der Waals surface area (Å²) in [6.45, 7) is 4.54. The van der Waals surface area contributed by atoms with Crippen molar-refractivity contribution >= 4 is 22.2 Å². The first-order valence-corrected chi connectivity index (χ1v) is 11.0. The maximum atomic E-state index is 13.0. The number of rotatable bonds is 5. The van der Waals surface area contributed by atoms with Gasteiger partial charge in [-0.15, -0.1) is 11.3 Å². The Hall–Kier alpha value is -2.27. The van der Waals surface area contributed by atoms with Crippen molar-refractivity contribution in [2.75, 3.05) is 38.0 Å². The van der Waals surface area contributed by atoms with Crippen molar-refractivity contribution in [3.05, 3.63) is 51.7 Å². The van der Waals surface area contributed by atoms with Gasteiger partial charge in [0.05, 0.1) is 12.1 Å². The van der Waals surface area contributed by atoms with Crippen molar-refractivity contribution in [2.24, 2.45) is 0 Å². The van der Waals surface area contributed by atoms with E-state index in [1.165, 1.54) is 17.0 Å². The third-order valence-electron chi connectivity index (χ3n) is 5.69. The van der Waals surface area contributed by atoms with Crippen LogP contribution in [-0.2, 0) is 24.2 Å². The molecule has 5 nitrogen and oxygen atoms in total. The zero-order valence-electron chi connectivity index (χ0n) is 16.4. The zero-order chi connectivity index (χ0) is 20.2. The number of thiophene rings is 1. The van der Waals surface area contributed by atoms with Gasteiger partial charge in [-0.25, -0.2) is 4.39 Å². The Kier molecular flexibility index (Phi) is 6.24. The Labute approximate surface area is 174 Å². The van der Waals surface area contributed by atoms with Crippen LogP contribution in [0.15, 0.2) is 24.3 Å². The molecular formula is C22H25FN4OS. The molecule has 29 heavy (non-hydrogen) atoms. The third-order valence-corrected chi connectivity index (χ3v) is 6.89. The van der Waals surface area contributed by atoms with Gasteiger partial charge in [0.25, 0.3) is 0 Å². The lowest BCUT2D eigenvalue weighted by Crippen LogP contribution is -2.48. The van der Waals surface area contributed by atoms with Crippen molar-refractivity contribution < 1.29 is 9.18 Å². The molecule has 1 amide bonds. The Balaban J connectivity index is 1.28. The molecule has 1 aromatic carbocycles. The monoisotopic (exact) mass is 412 g/mol. The van der Waals surface area contributed by atoms with Crippen molar-refractivity contribution in [1.82, 2.24) is 9.80 Å². The maximum absolute atomic E-state index is 13.0. The summed E-state index contributed by atoms with van der Waals surface area (Å²) in [5.74, 6) is -0.261. The molecule has 0 bridgehead atoms. The van der Waals surface area contributed by atoms with Gasteiger partial charge >= 0.3 is 0 Å². The second-order valence-corrected chi connectivity index (χ2v) is 8.86. The van der Waals surface area contributed by atoms with Crippen LogP contribution in [0.25, 0.3) is 0 Å². The van der Waals surface area contributed by atoms with Crippen molar-refractivity contribution in [3.8, 4) is 6.07 Å². The van der Waals surface area contributed by atoms with E-state index < -0.39 is 0 Å². The molecule has 1 aromatic heterocycles. The van der Waals surface area contributed by atoms with Crippen LogP contribution in [0, 0.1) is 17.1 Å². The molecule has 1 N–H and O–H groups in total. The average molecular weight is 413 g/mol. The van der Waals surface area contributed by atoms with E-state index in [-0.39, 0.29) is 11.7 Å². The Morgan fingerprint density at radius 2 is 1.79 bits per heavy atom. The number of nitrogens with zero attached hydrogens (tertiary/aromatic N) is 3. The molecule has 0 radical (unpaired) electrons. The van der Waals surface area contributed by atoms with Crippen molar-refractivity contribution in [1.29, 1.82) is 5.26 Å². The topological polar surface area (TPSA) is 59.4 Å². The molecule has 4 rings (SSSR count). The van der Waals surface area contributed by atoms with E-state index in [2.05, 4.69) is 21.2 Å². The molecule has 0 saturated carbocycles. The van der Waals surface area contributed by atoms with Crippen LogP contribution in [0.3, 0.4) is 0 Å². The van der Waals surface area contributed by atoms with Crippen LogP contribution < -0.4 is 5.32 Å². The molecule has 2 aliphatic rings. The molecule has 0 atom stereocenters. The first kappa shape index (κ1) is 20.0. The number of amides is 1. The molecule has 0 spiro atoms. The second-order valence-electron chi connectivity index (χ2n) is 7.75. The number of piperazine rings is 1. The fourth-order valence-corrected chi connectivity index (χ4v) is 5.35. The number of carbonyl (C=O) groups excluding carboxylic acids is 1. The normalized spacial score (nSPS) is 17.5. The molecular weight excluding hydrogens is 387 g/mol. The molecule has 1 saturated heterocycles. The summed E-state index contributed by atoms with van der Waals surface area (Å²) in [4.78, 5) is 18.3. The highest BCUT2D eigenvalue weighted by Crippen LogP contribution is 2.37. The zero-order valence-corrected chi connectivity index (χ0v) is 17.2. The Morgan fingerprint density at radius 3 is 2.52 bits per heavy atom. The molecule has 2 aromatic rings. The lowest BCUT2D eigenvalue weighted by Gasteiger charge is -2.34. The maximum Gasteiger partial charge on any atom is 0.239 e. The minimum absolute atomic E-state index is 0.0490. The summed E-state index contributed by atoms with van der Waals surface area (Å²) in [7, 11) is 0. The summed E-state index contributed by atoms with van der Waals surface area (Å²) < 4.78 is 13.0. The van der Waals surface area contributed by atoms with Crippen LogP contribution in [-0.4, -0.2) is 48.4 Å². The van der Waals surface area contributed by atoms with Gasteiger partial charge in [0, 0.05) is 37.6 Å². The fraction of sp³-hybridized carbons (Fsp3) is 0.455. The number of carbonyl (C=O) groups is 1. The first-order valence-electron chi connectivity index (χ1n) is 10.2. The van der Waals surface area contributed by atoms with Gasteiger partial charge in [-0.1, -0.05) is 12.1 Å².